The SMILES string of the molecule is CN(C(=O)c1c(O)c2c(Cl)cccc2n(C)c1=O)c1cc(F)ccc1F. The molecule has 3 rings (SSSR count). The predicted octanol–water partition coefficient (Wildman–Crippen LogP) is 3.45. The number of halogens is 3. The maximum absolute atomic E-state index is 14.0. The van der Waals surface area contributed by atoms with E-state index in [-0.39, 0.29) is 16.1 Å². The van der Waals surface area contributed by atoms with Crippen molar-refractivity contribution in [3.63, 3.8) is 0 Å². The molecule has 0 unspecified atom stereocenters. The monoisotopic (exact) mass is 378 g/mol. The first kappa shape index (κ1) is 17.9. The van der Waals surface area contributed by atoms with Gasteiger partial charge in [0.25, 0.3) is 11.5 Å². The fraction of sp³-hybridized carbons (Fsp3) is 0.111. The molecule has 0 aliphatic rings. The Balaban J connectivity index is 2.25. The molecule has 0 saturated carbocycles. The molecule has 1 heterocycles. The number of rotatable bonds is 2. The quantitative estimate of drug-likeness (QED) is 0.743. The number of nitrogens with zero attached hydrogens (tertiary/aromatic N) is 2. The van der Waals surface area contributed by atoms with Crippen LogP contribution in [0.2, 0.25) is 5.02 Å². The van der Waals surface area contributed by atoms with Crippen LogP contribution >= 0.6 is 11.6 Å². The number of aromatic nitrogens is 1. The summed E-state index contributed by atoms with van der Waals surface area (Å²) >= 11 is 6.10. The van der Waals surface area contributed by atoms with E-state index in [1.54, 1.807) is 12.1 Å². The third kappa shape index (κ3) is 2.70. The maximum atomic E-state index is 14.0. The van der Waals surface area contributed by atoms with E-state index >= 15 is 0 Å². The number of benzene rings is 2. The van der Waals surface area contributed by atoms with Crippen LogP contribution in [0.1, 0.15) is 10.4 Å². The number of anilines is 1. The van der Waals surface area contributed by atoms with E-state index in [1.807, 2.05) is 0 Å². The lowest BCUT2D eigenvalue weighted by atomic mass is 10.1. The zero-order chi connectivity index (χ0) is 19.2. The molecule has 5 nitrogen and oxygen atoms in total. The molecule has 0 atom stereocenters. The van der Waals surface area contributed by atoms with Crippen molar-refractivity contribution in [1.29, 1.82) is 0 Å². The highest BCUT2D eigenvalue weighted by Gasteiger charge is 2.27. The molecule has 1 amide bonds. The summed E-state index contributed by atoms with van der Waals surface area (Å²) in [5.41, 5.74) is -1.41. The number of pyridine rings is 1. The van der Waals surface area contributed by atoms with Gasteiger partial charge in [0.2, 0.25) is 0 Å². The number of hydrogen-bond acceptors (Lipinski definition) is 3. The number of fused-ring (bicyclic) bond motifs is 1. The predicted molar refractivity (Wildman–Crippen MR) is 95.0 cm³/mol. The zero-order valence-corrected chi connectivity index (χ0v) is 14.5. The Morgan fingerprint density at radius 2 is 1.92 bits per heavy atom. The maximum Gasteiger partial charge on any atom is 0.267 e. The standard InChI is InChI=1S/C18H13ClF2N2O3/c1-22-12-5-3-4-10(19)14(12)16(24)15(17(22)25)18(26)23(2)13-8-9(20)6-7-11(13)21/h3-8,24H,1-2H3. The second-order valence-electron chi connectivity index (χ2n) is 5.68. The van der Waals surface area contributed by atoms with E-state index in [1.165, 1.54) is 20.2 Å². The van der Waals surface area contributed by atoms with Gasteiger partial charge in [-0.15, -0.1) is 0 Å². The average Bonchev–Trinajstić information content (AvgIpc) is 2.61. The first-order chi connectivity index (χ1) is 12.2. The molecule has 0 bridgehead atoms. The second kappa shape index (κ2) is 6.42. The Morgan fingerprint density at radius 3 is 2.62 bits per heavy atom. The lowest BCUT2D eigenvalue weighted by molar-refractivity contribution is 0.0988. The summed E-state index contributed by atoms with van der Waals surface area (Å²) in [4.78, 5) is 26.1. The van der Waals surface area contributed by atoms with E-state index in [4.69, 9.17) is 11.6 Å². The molecular weight excluding hydrogens is 366 g/mol. The third-order valence-corrected chi connectivity index (χ3v) is 4.45. The van der Waals surface area contributed by atoms with Gasteiger partial charge >= 0.3 is 0 Å². The lowest BCUT2D eigenvalue weighted by Gasteiger charge is -2.20. The highest BCUT2D eigenvalue weighted by molar-refractivity contribution is 6.36. The highest BCUT2D eigenvalue weighted by Crippen LogP contribution is 2.33. The molecule has 1 aromatic heterocycles. The summed E-state index contributed by atoms with van der Waals surface area (Å²) < 4.78 is 28.5. The summed E-state index contributed by atoms with van der Waals surface area (Å²) in [6, 6.07) is 7.25. The van der Waals surface area contributed by atoms with Crippen LogP contribution in [0.3, 0.4) is 0 Å². The van der Waals surface area contributed by atoms with Crippen LogP contribution in [-0.4, -0.2) is 22.6 Å². The normalized spacial score (nSPS) is 11.0. The fourth-order valence-corrected chi connectivity index (χ4v) is 3.00. The number of aryl methyl sites for hydroxylation is 1. The topological polar surface area (TPSA) is 62.5 Å². The van der Waals surface area contributed by atoms with Crippen LogP contribution in [-0.2, 0) is 7.05 Å². The highest BCUT2D eigenvalue weighted by atomic mass is 35.5. The molecule has 8 heteroatoms. The average molecular weight is 379 g/mol. The van der Waals surface area contributed by atoms with Crippen LogP contribution < -0.4 is 10.5 Å². The van der Waals surface area contributed by atoms with Crippen LogP contribution in [0.5, 0.6) is 5.75 Å². The van der Waals surface area contributed by atoms with E-state index < -0.39 is 34.4 Å². The molecule has 134 valence electrons. The Hall–Kier alpha value is -2.93. The minimum Gasteiger partial charge on any atom is -0.506 e. The molecule has 0 fully saturated rings. The molecule has 0 spiro atoms. The Morgan fingerprint density at radius 1 is 1.23 bits per heavy atom. The van der Waals surface area contributed by atoms with Crippen molar-refractivity contribution in [3.8, 4) is 5.75 Å². The van der Waals surface area contributed by atoms with Gasteiger partial charge in [0, 0.05) is 20.2 Å². The first-order valence-corrected chi connectivity index (χ1v) is 7.85. The molecule has 3 aromatic rings. The van der Waals surface area contributed by atoms with Crippen LogP contribution in [0, 0.1) is 11.6 Å². The fourth-order valence-electron chi connectivity index (χ4n) is 2.74. The minimum atomic E-state index is -0.991. The van der Waals surface area contributed by atoms with Crippen molar-refractivity contribution < 1.29 is 18.7 Å². The number of amides is 1. The number of carbonyl (C=O) groups is 1. The summed E-state index contributed by atoms with van der Waals surface area (Å²) in [6.45, 7) is 0. The smallest absolute Gasteiger partial charge is 0.267 e. The summed E-state index contributed by atoms with van der Waals surface area (Å²) in [5.74, 6) is -3.20. The van der Waals surface area contributed by atoms with Crippen LogP contribution in [0.4, 0.5) is 14.5 Å². The molecule has 26 heavy (non-hydrogen) atoms. The Labute approximate surface area is 151 Å². The van der Waals surface area contributed by atoms with Crippen LogP contribution in [0.15, 0.2) is 41.2 Å². The third-order valence-electron chi connectivity index (χ3n) is 4.13. The molecule has 0 aliphatic heterocycles. The number of carbonyl (C=O) groups excluding carboxylic acids is 1. The van der Waals surface area contributed by atoms with Gasteiger partial charge in [0.15, 0.2) is 0 Å². The molecule has 0 radical (unpaired) electrons. The van der Waals surface area contributed by atoms with Gasteiger partial charge in [0.05, 0.1) is 21.6 Å². The van der Waals surface area contributed by atoms with E-state index in [2.05, 4.69) is 0 Å². The summed E-state index contributed by atoms with van der Waals surface area (Å²) in [5, 5.41) is 10.8. The summed E-state index contributed by atoms with van der Waals surface area (Å²) in [6.07, 6.45) is 0. The first-order valence-electron chi connectivity index (χ1n) is 7.47. The van der Waals surface area contributed by atoms with E-state index in [0.29, 0.717) is 5.52 Å². The second-order valence-corrected chi connectivity index (χ2v) is 6.09. The van der Waals surface area contributed by atoms with Crippen molar-refractivity contribution in [3.05, 3.63) is 69.0 Å². The number of hydrogen-bond donors (Lipinski definition) is 1. The number of aromatic hydroxyl groups is 1. The van der Waals surface area contributed by atoms with Gasteiger partial charge in [-0.2, -0.15) is 0 Å². The molecule has 1 N–H and O–H groups in total. The zero-order valence-electron chi connectivity index (χ0n) is 13.8. The largest absolute Gasteiger partial charge is 0.506 e. The van der Waals surface area contributed by atoms with Crippen LogP contribution in [0.25, 0.3) is 10.9 Å². The van der Waals surface area contributed by atoms with Gasteiger partial charge in [0.1, 0.15) is 22.9 Å². The minimum absolute atomic E-state index is 0.118. The Bertz CT molecular complexity index is 1110. The van der Waals surface area contributed by atoms with Crippen molar-refractivity contribution in [2.45, 2.75) is 0 Å². The van der Waals surface area contributed by atoms with Crippen molar-refractivity contribution in [2.75, 3.05) is 11.9 Å². The van der Waals surface area contributed by atoms with E-state index in [0.717, 1.165) is 27.7 Å². The summed E-state index contributed by atoms with van der Waals surface area (Å²) in [7, 11) is 2.59. The van der Waals surface area contributed by atoms with Gasteiger partial charge in [-0.3, -0.25) is 9.59 Å². The van der Waals surface area contributed by atoms with Gasteiger partial charge in [-0.05, 0) is 24.3 Å². The molecule has 0 aliphatic carbocycles. The Kier molecular flexibility index (Phi) is 4.41. The van der Waals surface area contributed by atoms with Crippen molar-refractivity contribution in [2.24, 2.45) is 7.05 Å². The van der Waals surface area contributed by atoms with Crippen molar-refractivity contribution in [1.82, 2.24) is 4.57 Å². The molecular formula is C18H13ClF2N2O3. The van der Waals surface area contributed by atoms with Crippen molar-refractivity contribution >= 4 is 34.1 Å². The van der Waals surface area contributed by atoms with Gasteiger partial charge in [-0.25, -0.2) is 8.78 Å². The molecule has 2 aromatic carbocycles. The molecule has 0 saturated heterocycles. The lowest BCUT2D eigenvalue weighted by Crippen LogP contribution is -2.34. The van der Waals surface area contributed by atoms with E-state index in [9.17, 15) is 23.5 Å². The van der Waals surface area contributed by atoms with Gasteiger partial charge in [-0.1, -0.05) is 17.7 Å². The van der Waals surface area contributed by atoms with Gasteiger partial charge < -0.3 is 14.6 Å².